The Kier molecular flexibility index (Phi) is 5.30. The fourth-order valence-corrected chi connectivity index (χ4v) is 1.38. The number of carbonyl (C=O) groups is 2. The number of amides is 2. The molecule has 0 heterocycles. The van der Waals surface area contributed by atoms with E-state index in [4.69, 9.17) is 0 Å². The Morgan fingerprint density at radius 1 is 1.28 bits per heavy atom. The molecule has 0 fully saturated rings. The first-order valence-corrected chi connectivity index (χ1v) is 5.85. The topological polar surface area (TPSA) is 58.2 Å². The molecule has 18 heavy (non-hydrogen) atoms. The van der Waals surface area contributed by atoms with Gasteiger partial charge in [-0.25, -0.2) is 4.39 Å². The Labute approximate surface area is 106 Å². The molecule has 2 N–H and O–H groups in total. The molecular weight excluding hydrogens is 235 g/mol. The molecule has 1 aromatic rings. The third kappa shape index (κ3) is 4.53. The molecule has 5 heteroatoms. The maximum atomic E-state index is 13.0. The molecule has 0 aromatic heterocycles. The quantitative estimate of drug-likeness (QED) is 0.842. The van der Waals surface area contributed by atoms with E-state index in [2.05, 4.69) is 10.6 Å². The summed E-state index contributed by atoms with van der Waals surface area (Å²) in [6.45, 7) is 3.81. The number of aryl methyl sites for hydroxylation is 1. The minimum Gasteiger partial charge on any atom is -0.356 e. The third-order valence-corrected chi connectivity index (χ3v) is 2.47. The van der Waals surface area contributed by atoms with Crippen LogP contribution in [0.15, 0.2) is 18.2 Å². The van der Waals surface area contributed by atoms with Gasteiger partial charge in [0.05, 0.1) is 0 Å². The molecule has 4 nitrogen and oxygen atoms in total. The van der Waals surface area contributed by atoms with E-state index < -0.39 is 5.82 Å². The molecule has 0 aliphatic carbocycles. The Morgan fingerprint density at radius 3 is 2.67 bits per heavy atom. The Hall–Kier alpha value is -1.91. The number of rotatable bonds is 5. The van der Waals surface area contributed by atoms with Gasteiger partial charge >= 0.3 is 0 Å². The molecule has 2 amide bonds. The van der Waals surface area contributed by atoms with Crippen LogP contribution in [0, 0.1) is 12.7 Å². The van der Waals surface area contributed by atoms with E-state index in [1.165, 1.54) is 12.1 Å². The zero-order valence-electron chi connectivity index (χ0n) is 10.5. The van der Waals surface area contributed by atoms with Crippen LogP contribution in [0.3, 0.4) is 0 Å². The molecule has 0 spiro atoms. The second-order valence-electron chi connectivity index (χ2n) is 3.96. The molecule has 0 bridgehead atoms. The Morgan fingerprint density at radius 2 is 2.00 bits per heavy atom. The lowest BCUT2D eigenvalue weighted by molar-refractivity contribution is -0.121. The molecule has 0 saturated heterocycles. The normalized spacial score (nSPS) is 9.94. The highest BCUT2D eigenvalue weighted by Crippen LogP contribution is 2.15. The van der Waals surface area contributed by atoms with Gasteiger partial charge in [0.2, 0.25) is 11.8 Å². The first-order valence-electron chi connectivity index (χ1n) is 5.85. The summed E-state index contributed by atoms with van der Waals surface area (Å²) in [4.78, 5) is 22.5. The highest BCUT2D eigenvalue weighted by molar-refractivity contribution is 5.91. The van der Waals surface area contributed by atoms with Crippen LogP contribution in [-0.2, 0) is 9.59 Å². The standard InChI is InChI=1S/C13H17FN2O2/c1-3-12(17)15-7-6-13(18)16-11-8-10(14)5-4-9(11)2/h4-5,8H,3,6-7H2,1-2H3,(H,15,17)(H,16,18). The maximum Gasteiger partial charge on any atom is 0.226 e. The second kappa shape index (κ2) is 6.74. The Bertz CT molecular complexity index is 447. The van der Waals surface area contributed by atoms with Crippen molar-refractivity contribution in [1.29, 1.82) is 0 Å². The summed E-state index contributed by atoms with van der Waals surface area (Å²) in [5.41, 5.74) is 1.25. The Balaban J connectivity index is 2.44. The molecule has 98 valence electrons. The minimum atomic E-state index is -0.393. The largest absolute Gasteiger partial charge is 0.356 e. The number of nitrogens with one attached hydrogen (secondary N) is 2. The van der Waals surface area contributed by atoms with Gasteiger partial charge in [-0.2, -0.15) is 0 Å². The molecule has 0 saturated carbocycles. The minimum absolute atomic E-state index is 0.0928. The summed E-state index contributed by atoms with van der Waals surface area (Å²) in [6, 6.07) is 4.22. The number of halogens is 1. The summed E-state index contributed by atoms with van der Waals surface area (Å²) in [5.74, 6) is -0.736. The SMILES string of the molecule is CCC(=O)NCCC(=O)Nc1cc(F)ccc1C. The maximum absolute atomic E-state index is 13.0. The van der Waals surface area contributed by atoms with Crippen molar-refractivity contribution >= 4 is 17.5 Å². The zero-order valence-corrected chi connectivity index (χ0v) is 10.5. The van der Waals surface area contributed by atoms with Crippen LogP contribution in [-0.4, -0.2) is 18.4 Å². The van der Waals surface area contributed by atoms with Gasteiger partial charge in [-0.15, -0.1) is 0 Å². The first-order chi connectivity index (χ1) is 8.52. The van der Waals surface area contributed by atoms with Crippen LogP contribution in [0.2, 0.25) is 0 Å². The summed E-state index contributed by atoms with van der Waals surface area (Å²) >= 11 is 0. The van der Waals surface area contributed by atoms with Gasteiger partial charge < -0.3 is 10.6 Å². The molecular formula is C13H17FN2O2. The van der Waals surface area contributed by atoms with Crippen LogP contribution >= 0.6 is 0 Å². The third-order valence-electron chi connectivity index (χ3n) is 2.47. The van der Waals surface area contributed by atoms with Crippen LogP contribution in [0.25, 0.3) is 0 Å². The van der Waals surface area contributed by atoms with Crippen molar-refractivity contribution in [2.45, 2.75) is 26.7 Å². The lowest BCUT2D eigenvalue weighted by Gasteiger charge is -2.08. The smallest absolute Gasteiger partial charge is 0.226 e. The second-order valence-corrected chi connectivity index (χ2v) is 3.96. The molecule has 1 rings (SSSR count). The van der Waals surface area contributed by atoms with E-state index in [0.717, 1.165) is 5.56 Å². The van der Waals surface area contributed by atoms with Gasteiger partial charge in [0.25, 0.3) is 0 Å². The number of hydrogen-bond acceptors (Lipinski definition) is 2. The van der Waals surface area contributed by atoms with E-state index in [0.29, 0.717) is 12.1 Å². The van der Waals surface area contributed by atoms with E-state index in [1.807, 2.05) is 0 Å². The van der Waals surface area contributed by atoms with E-state index >= 15 is 0 Å². The van der Waals surface area contributed by atoms with Crippen molar-refractivity contribution in [1.82, 2.24) is 5.32 Å². The number of hydrogen-bond donors (Lipinski definition) is 2. The van der Waals surface area contributed by atoms with Gasteiger partial charge in [0.15, 0.2) is 0 Å². The monoisotopic (exact) mass is 252 g/mol. The lowest BCUT2D eigenvalue weighted by atomic mass is 10.2. The molecule has 0 radical (unpaired) electrons. The molecule has 1 aromatic carbocycles. The highest BCUT2D eigenvalue weighted by atomic mass is 19.1. The highest BCUT2D eigenvalue weighted by Gasteiger charge is 2.06. The van der Waals surface area contributed by atoms with E-state index in [1.54, 1.807) is 19.9 Å². The van der Waals surface area contributed by atoms with Crippen molar-refractivity contribution in [3.8, 4) is 0 Å². The van der Waals surface area contributed by atoms with Crippen molar-refractivity contribution in [3.63, 3.8) is 0 Å². The lowest BCUT2D eigenvalue weighted by Crippen LogP contribution is -2.26. The summed E-state index contributed by atoms with van der Waals surface area (Å²) in [7, 11) is 0. The molecule has 0 unspecified atom stereocenters. The van der Waals surface area contributed by atoms with E-state index in [9.17, 15) is 14.0 Å². The van der Waals surface area contributed by atoms with Gasteiger partial charge in [0.1, 0.15) is 5.82 Å². The summed E-state index contributed by atoms with van der Waals surface area (Å²) in [6.07, 6.45) is 0.562. The van der Waals surface area contributed by atoms with Crippen LogP contribution in [0.1, 0.15) is 25.3 Å². The number of carbonyl (C=O) groups excluding carboxylic acids is 2. The van der Waals surface area contributed by atoms with E-state index in [-0.39, 0.29) is 24.8 Å². The van der Waals surface area contributed by atoms with Gasteiger partial charge in [0, 0.05) is 25.1 Å². The van der Waals surface area contributed by atoms with Crippen molar-refractivity contribution in [2.24, 2.45) is 0 Å². The fraction of sp³-hybridized carbons (Fsp3) is 0.385. The molecule has 0 aliphatic rings. The molecule has 0 atom stereocenters. The number of benzene rings is 1. The predicted octanol–water partition coefficient (Wildman–Crippen LogP) is 1.99. The van der Waals surface area contributed by atoms with Crippen LogP contribution in [0.5, 0.6) is 0 Å². The van der Waals surface area contributed by atoms with Gasteiger partial charge in [-0.05, 0) is 24.6 Å². The van der Waals surface area contributed by atoms with Gasteiger partial charge in [-0.3, -0.25) is 9.59 Å². The van der Waals surface area contributed by atoms with Crippen LogP contribution in [0.4, 0.5) is 10.1 Å². The fourth-order valence-electron chi connectivity index (χ4n) is 1.38. The molecule has 0 aliphatic heterocycles. The van der Waals surface area contributed by atoms with Crippen molar-refractivity contribution in [2.75, 3.05) is 11.9 Å². The summed E-state index contributed by atoms with van der Waals surface area (Å²) in [5, 5.41) is 5.21. The average molecular weight is 252 g/mol. The predicted molar refractivity (Wildman–Crippen MR) is 67.7 cm³/mol. The van der Waals surface area contributed by atoms with Crippen molar-refractivity contribution < 1.29 is 14.0 Å². The van der Waals surface area contributed by atoms with Crippen LogP contribution < -0.4 is 10.6 Å². The van der Waals surface area contributed by atoms with Crippen molar-refractivity contribution in [3.05, 3.63) is 29.6 Å². The first kappa shape index (κ1) is 14.2. The number of anilines is 1. The average Bonchev–Trinajstić information content (AvgIpc) is 2.33. The zero-order chi connectivity index (χ0) is 13.5. The summed E-state index contributed by atoms with van der Waals surface area (Å²) < 4.78 is 13.0. The van der Waals surface area contributed by atoms with Gasteiger partial charge in [-0.1, -0.05) is 13.0 Å².